The Morgan fingerprint density at radius 1 is 0.935 bits per heavy atom. The van der Waals surface area contributed by atoms with Gasteiger partial charge in [-0.15, -0.1) is 0 Å². The molecule has 4 N–H and O–H groups in total. The summed E-state index contributed by atoms with van der Waals surface area (Å²) in [6.45, 7) is 6.26. The summed E-state index contributed by atoms with van der Waals surface area (Å²) in [4.78, 5) is 27.0. The van der Waals surface area contributed by atoms with Crippen molar-refractivity contribution in [2.45, 2.75) is 25.8 Å². The van der Waals surface area contributed by atoms with E-state index in [9.17, 15) is 14.0 Å². The number of piperazine rings is 1. The Balaban J connectivity index is 1.32. The van der Waals surface area contributed by atoms with E-state index in [0.29, 0.717) is 18.8 Å². The van der Waals surface area contributed by atoms with Crippen LogP contribution in [0.4, 0.5) is 10.1 Å². The zero-order valence-corrected chi connectivity index (χ0v) is 18.1. The molecule has 0 unspecified atom stereocenters. The van der Waals surface area contributed by atoms with Crippen LogP contribution in [0, 0.1) is 5.82 Å². The zero-order valence-electron chi connectivity index (χ0n) is 18.1. The number of hydrogen-bond donors (Lipinski definition) is 4. The summed E-state index contributed by atoms with van der Waals surface area (Å²) >= 11 is 0. The molecule has 6 nitrogen and oxygen atoms in total. The van der Waals surface area contributed by atoms with Crippen LogP contribution in [0.25, 0.3) is 0 Å². The number of nitrogens with one attached hydrogen (secondary N) is 4. The highest BCUT2D eigenvalue weighted by Crippen LogP contribution is 2.08. The maximum Gasteiger partial charge on any atom is 0.279 e. The molecule has 1 atom stereocenters. The van der Waals surface area contributed by atoms with Crippen LogP contribution in [0.1, 0.15) is 18.9 Å². The minimum atomic E-state index is -0.366. The first-order valence-electron chi connectivity index (χ1n) is 11.0. The van der Waals surface area contributed by atoms with Crippen molar-refractivity contribution in [2.24, 2.45) is 0 Å². The summed E-state index contributed by atoms with van der Waals surface area (Å²) in [7, 11) is 0. The van der Waals surface area contributed by atoms with Crippen LogP contribution in [-0.2, 0) is 16.0 Å². The summed E-state index contributed by atoms with van der Waals surface area (Å²) < 4.78 is 13.2. The lowest BCUT2D eigenvalue weighted by atomic mass is 10.1. The first-order chi connectivity index (χ1) is 15.0. The summed E-state index contributed by atoms with van der Waals surface area (Å²) in [6, 6.07) is 16.4. The van der Waals surface area contributed by atoms with Gasteiger partial charge in [-0.25, -0.2) is 4.39 Å². The molecule has 2 aromatic rings. The van der Waals surface area contributed by atoms with Crippen molar-refractivity contribution >= 4 is 17.5 Å². The van der Waals surface area contributed by atoms with Gasteiger partial charge in [0.05, 0.1) is 0 Å². The van der Waals surface area contributed by atoms with Gasteiger partial charge >= 0.3 is 0 Å². The molecule has 31 heavy (non-hydrogen) atoms. The fourth-order valence-electron chi connectivity index (χ4n) is 3.96. The summed E-state index contributed by atoms with van der Waals surface area (Å²) in [5.74, 6) is -0.396. The van der Waals surface area contributed by atoms with Crippen molar-refractivity contribution in [1.82, 2.24) is 5.32 Å². The van der Waals surface area contributed by atoms with E-state index in [1.54, 1.807) is 12.1 Å². The quantitative estimate of drug-likeness (QED) is 0.443. The Morgan fingerprint density at radius 2 is 1.58 bits per heavy atom. The fraction of sp³-hybridized carbons (Fsp3) is 0.417. The standard InChI is InChI=1S/C24H31FN4O2/c1-19(10-11-20-6-3-2-4-7-20)26-23(30)17-28-12-14-29(15-13-28)18-24(31)27-22-9-5-8-21(25)16-22/h2-9,16,19H,10-15,17-18H2,1H3,(H,26,30)(H,27,31)/p+2/t19-/m0/s1. The van der Waals surface area contributed by atoms with E-state index in [-0.39, 0.29) is 23.7 Å². The number of anilines is 1. The van der Waals surface area contributed by atoms with Crippen molar-refractivity contribution < 1.29 is 23.8 Å². The predicted octanol–water partition coefficient (Wildman–Crippen LogP) is -0.315. The lowest BCUT2D eigenvalue weighted by Crippen LogP contribution is -3.28. The van der Waals surface area contributed by atoms with E-state index in [1.807, 2.05) is 18.2 Å². The molecule has 0 radical (unpaired) electrons. The lowest BCUT2D eigenvalue weighted by molar-refractivity contribution is -1.00. The number of halogens is 1. The third-order valence-electron chi connectivity index (χ3n) is 5.71. The van der Waals surface area contributed by atoms with Gasteiger partial charge in [0.25, 0.3) is 11.8 Å². The third kappa shape index (κ3) is 8.11. The van der Waals surface area contributed by atoms with Crippen LogP contribution in [0.2, 0.25) is 0 Å². The van der Waals surface area contributed by atoms with Crippen LogP contribution < -0.4 is 20.4 Å². The minimum Gasteiger partial charge on any atom is -0.349 e. The number of benzene rings is 2. The van der Waals surface area contributed by atoms with Gasteiger partial charge in [-0.2, -0.15) is 0 Å². The van der Waals surface area contributed by atoms with Gasteiger partial charge in [-0.1, -0.05) is 36.4 Å². The van der Waals surface area contributed by atoms with Gasteiger partial charge in [0.2, 0.25) is 0 Å². The van der Waals surface area contributed by atoms with Gasteiger partial charge in [0.15, 0.2) is 13.1 Å². The maximum atomic E-state index is 13.2. The van der Waals surface area contributed by atoms with E-state index < -0.39 is 0 Å². The minimum absolute atomic E-state index is 0.0860. The summed E-state index contributed by atoms with van der Waals surface area (Å²) in [5.41, 5.74) is 1.77. The molecular formula is C24H33FN4O2+2. The average Bonchev–Trinajstić information content (AvgIpc) is 2.74. The zero-order chi connectivity index (χ0) is 22.1. The molecular weight excluding hydrogens is 395 g/mol. The Kier molecular flexibility index (Phi) is 8.55. The Labute approximate surface area is 183 Å². The van der Waals surface area contributed by atoms with Gasteiger partial charge < -0.3 is 20.4 Å². The Morgan fingerprint density at radius 3 is 2.23 bits per heavy atom. The van der Waals surface area contributed by atoms with E-state index >= 15 is 0 Å². The van der Waals surface area contributed by atoms with Crippen molar-refractivity contribution in [2.75, 3.05) is 44.6 Å². The van der Waals surface area contributed by atoms with Gasteiger partial charge in [0, 0.05) is 11.7 Å². The highest BCUT2D eigenvalue weighted by Gasteiger charge is 2.26. The molecule has 0 aromatic heterocycles. The molecule has 1 aliphatic rings. The van der Waals surface area contributed by atoms with Crippen LogP contribution in [-0.4, -0.2) is 57.1 Å². The molecule has 3 rings (SSSR count). The SMILES string of the molecule is C[C@@H](CCc1ccccc1)NC(=O)C[NH+]1CC[NH+](CC(=O)Nc2cccc(F)c2)CC1. The number of amides is 2. The van der Waals surface area contributed by atoms with Crippen LogP contribution in [0.5, 0.6) is 0 Å². The lowest BCUT2D eigenvalue weighted by Gasteiger charge is -2.29. The van der Waals surface area contributed by atoms with Crippen molar-refractivity contribution in [3.63, 3.8) is 0 Å². The highest BCUT2D eigenvalue weighted by atomic mass is 19.1. The van der Waals surface area contributed by atoms with E-state index in [4.69, 9.17) is 0 Å². The topological polar surface area (TPSA) is 67.1 Å². The van der Waals surface area contributed by atoms with E-state index in [0.717, 1.165) is 39.0 Å². The van der Waals surface area contributed by atoms with Crippen LogP contribution >= 0.6 is 0 Å². The largest absolute Gasteiger partial charge is 0.349 e. The van der Waals surface area contributed by atoms with Crippen molar-refractivity contribution in [3.8, 4) is 0 Å². The molecule has 1 heterocycles. The van der Waals surface area contributed by atoms with Crippen LogP contribution in [0.15, 0.2) is 54.6 Å². The van der Waals surface area contributed by atoms with Crippen molar-refractivity contribution in [1.29, 1.82) is 0 Å². The first-order valence-corrected chi connectivity index (χ1v) is 11.0. The Bertz CT molecular complexity index is 854. The molecule has 0 aliphatic carbocycles. The van der Waals surface area contributed by atoms with Crippen molar-refractivity contribution in [3.05, 3.63) is 66.0 Å². The summed E-state index contributed by atoms with van der Waals surface area (Å²) in [5, 5.41) is 5.86. The molecule has 0 spiro atoms. The molecule has 166 valence electrons. The summed E-state index contributed by atoms with van der Waals surface area (Å²) in [6.07, 6.45) is 1.87. The smallest absolute Gasteiger partial charge is 0.279 e. The Hall–Kier alpha value is -2.77. The number of rotatable bonds is 9. The fourth-order valence-corrected chi connectivity index (χ4v) is 3.96. The maximum absolute atomic E-state index is 13.2. The monoisotopic (exact) mass is 428 g/mol. The molecule has 2 amide bonds. The average molecular weight is 429 g/mol. The first kappa shape index (κ1) is 22.9. The molecule has 1 aliphatic heterocycles. The van der Waals surface area contributed by atoms with E-state index in [2.05, 4.69) is 29.7 Å². The number of carbonyl (C=O) groups is 2. The number of quaternary nitrogens is 2. The molecule has 2 aromatic carbocycles. The number of hydrogen-bond acceptors (Lipinski definition) is 2. The van der Waals surface area contributed by atoms with Crippen LogP contribution in [0.3, 0.4) is 0 Å². The normalized spacial score (nSPS) is 19.4. The molecule has 7 heteroatoms. The van der Waals surface area contributed by atoms with Gasteiger partial charge in [-0.3, -0.25) is 9.59 Å². The predicted molar refractivity (Wildman–Crippen MR) is 119 cm³/mol. The second-order valence-corrected chi connectivity index (χ2v) is 8.40. The number of carbonyl (C=O) groups excluding carboxylic acids is 2. The second kappa shape index (κ2) is 11.6. The van der Waals surface area contributed by atoms with E-state index in [1.165, 1.54) is 27.5 Å². The number of aryl methyl sites for hydroxylation is 1. The van der Waals surface area contributed by atoms with Gasteiger partial charge in [0.1, 0.15) is 32.0 Å². The third-order valence-corrected chi connectivity index (χ3v) is 5.71. The molecule has 0 saturated carbocycles. The second-order valence-electron chi connectivity index (χ2n) is 8.40. The molecule has 1 saturated heterocycles. The molecule has 1 fully saturated rings. The van der Waals surface area contributed by atoms with Gasteiger partial charge in [-0.05, 0) is 43.5 Å². The molecule has 0 bridgehead atoms. The highest BCUT2D eigenvalue weighted by molar-refractivity contribution is 5.91.